The van der Waals surface area contributed by atoms with Crippen LogP contribution in [0.5, 0.6) is 0 Å². The van der Waals surface area contributed by atoms with Crippen LogP contribution in [0.4, 0.5) is 0 Å². The van der Waals surface area contributed by atoms with E-state index in [-0.39, 0.29) is 17.9 Å². The third-order valence-corrected chi connectivity index (χ3v) is 2.64. The Hall–Kier alpha value is -1.61. The molecule has 0 amide bonds. The summed E-state index contributed by atoms with van der Waals surface area (Å²) >= 11 is 0. The number of benzene rings is 1. The van der Waals surface area contributed by atoms with Gasteiger partial charge in [0.1, 0.15) is 6.61 Å². The molecule has 1 aliphatic carbocycles. The van der Waals surface area contributed by atoms with Crippen molar-refractivity contribution < 1.29 is 9.53 Å². The van der Waals surface area contributed by atoms with Gasteiger partial charge in [-0.2, -0.15) is 0 Å². The van der Waals surface area contributed by atoms with E-state index in [2.05, 4.69) is 0 Å². The first-order chi connectivity index (χ1) is 7.75. The summed E-state index contributed by atoms with van der Waals surface area (Å²) in [6, 6.07) is 9.65. The fourth-order valence-electron chi connectivity index (χ4n) is 1.74. The predicted molar refractivity (Wildman–Crippen MR) is 61.5 cm³/mol. The van der Waals surface area contributed by atoms with E-state index in [1.54, 1.807) is 0 Å². The lowest BCUT2D eigenvalue weighted by Gasteiger charge is -2.09. The van der Waals surface area contributed by atoms with Crippen LogP contribution in [0.2, 0.25) is 0 Å². The number of esters is 1. The maximum absolute atomic E-state index is 11.6. The topological polar surface area (TPSA) is 52.3 Å². The van der Waals surface area contributed by atoms with Gasteiger partial charge in [0, 0.05) is 6.04 Å². The lowest BCUT2D eigenvalue weighted by Crippen LogP contribution is -2.20. The van der Waals surface area contributed by atoms with Crippen LogP contribution in [0.25, 0.3) is 0 Å². The van der Waals surface area contributed by atoms with Gasteiger partial charge in [-0.15, -0.1) is 0 Å². The minimum Gasteiger partial charge on any atom is -0.460 e. The molecule has 2 atom stereocenters. The number of hydrogen-bond acceptors (Lipinski definition) is 3. The van der Waals surface area contributed by atoms with E-state index >= 15 is 0 Å². The number of ether oxygens (including phenoxy) is 1. The number of carbonyl (C=O) groups is 1. The van der Waals surface area contributed by atoms with E-state index in [0.717, 1.165) is 5.56 Å². The summed E-state index contributed by atoms with van der Waals surface area (Å²) in [7, 11) is 0. The van der Waals surface area contributed by atoms with Crippen molar-refractivity contribution in [2.24, 2.45) is 11.7 Å². The zero-order valence-electron chi connectivity index (χ0n) is 9.00. The van der Waals surface area contributed by atoms with Crippen LogP contribution in [-0.4, -0.2) is 12.0 Å². The van der Waals surface area contributed by atoms with Crippen molar-refractivity contribution in [2.45, 2.75) is 19.1 Å². The lowest BCUT2D eigenvalue weighted by atomic mass is 10.1. The van der Waals surface area contributed by atoms with Crippen LogP contribution in [0.1, 0.15) is 12.0 Å². The Kier molecular flexibility index (Phi) is 3.37. The van der Waals surface area contributed by atoms with Crippen LogP contribution in [0, 0.1) is 5.92 Å². The highest BCUT2D eigenvalue weighted by Crippen LogP contribution is 2.18. The average molecular weight is 217 g/mol. The maximum atomic E-state index is 11.6. The van der Waals surface area contributed by atoms with Crippen LogP contribution in [0.15, 0.2) is 42.5 Å². The van der Waals surface area contributed by atoms with Crippen molar-refractivity contribution in [1.29, 1.82) is 0 Å². The molecule has 0 fully saturated rings. The fourth-order valence-corrected chi connectivity index (χ4v) is 1.74. The minimum atomic E-state index is -0.187. The van der Waals surface area contributed by atoms with Crippen LogP contribution in [0.3, 0.4) is 0 Å². The largest absolute Gasteiger partial charge is 0.460 e. The first kappa shape index (κ1) is 10.9. The second-order valence-electron chi connectivity index (χ2n) is 3.98. The second kappa shape index (κ2) is 4.94. The molecule has 3 nitrogen and oxygen atoms in total. The number of hydrogen-bond donors (Lipinski definition) is 1. The summed E-state index contributed by atoms with van der Waals surface area (Å²) in [5.41, 5.74) is 6.68. The Bertz CT molecular complexity index is 386. The van der Waals surface area contributed by atoms with Crippen molar-refractivity contribution in [3.05, 3.63) is 48.0 Å². The molecule has 0 aliphatic heterocycles. The van der Waals surface area contributed by atoms with Crippen molar-refractivity contribution in [3.63, 3.8) is 0 Å². The molecule has 1 aromatic rings. The van der Waals surface area contributed by atoms with Crippen molar-refractivity contribution in [3.8, 4) is 0 Å². The average Bonchev–Trinajstić information content (AvgIpc) is 2.74. The molecule has 0 aromatic heterocycles. The molecular weight excluding hydrogens is 202 g/mol. The number of carbonyl (C=O) groups excluding carboxylic acids is 1. The Morgan fingerprint density at radius 3 is 2.69 bits per heavy atom. The highest BCUT2D eigenvalue weighted by molar-refractivity contribution is 5.75. The zero-order valence-corrected chi connectivity index (χ0v) is 9.00. The molecule has 0 radical (unpaired) electrons. The highest BCUT2D eigenvalue weighted by atomic mass is 16.5. The molecule has 0 heterocycles. The van der Waals surface area contributed by atoms with Crippen molar-refractivity contribution in [1.82, 2.24) is 0 Å². The fraction of sp³-hybridized carbons (Fsp3) is 0.308. The minimum absolute atomic E-state index is 0.00530. The summed E-state index contributed by atoms with van der Waals surface area (Å²) in [6.45, 7) is 0.333. The predicted octanol–water partition coefficient (Wildman–Crippen LogP) is 1.63. The van der Waals surface area contributed by atoms with E-state index in [4.69, 9.17) is 10.5 Å². The molecule has 84 valence electrons. The Labute approximate surface area is 94.9 Å². The Morgan fingerprint density at radius 2 is 2.06 bits per heavy atom. The van der Waals surface area contributed by atoms with Gasteiger partial charge in [0.15, 0.2) is 0 Å². The molecule has 0 spiro atoms. The zero-order chi connectivity index (χ0) is 11.4. The quantitative estimate of drug-likeness (QED) is 0.618. The summed E-state index contributed by atoms with van der Waals surface area (Å²) in [5.74, 6) is -0.355. The molecule has 1 aromatic carbocycles. The van der Waals surface area contributed by atoms with Gasteiger partial charge in [-0.3, -0.25) is 4.79 Å². The third kappa shape index (κ3) is 2.70. The summed E-state index contributed by atoms with van der Waals surface area (Å²) in [5, 5.41) is 0. The van der Waals surface area contributed by atoms with Crippen LogP contribution < -0.4 is 5.73 Å². The van der Waals surface area contributed by atoms with Crippen molar-refractivity contribution >= 4 is 5.97 Å². The monoisotopic (exact) mass is 217 g/mol. The Balaban J connectivity index is 1.83. The molecule has 16 heavy (non-hydrogen) atoms. The van der Waals surface area contributed by atoms with Gasteiger partial charge in [-0.1, -0.05) is 42.5 Å². The van der Waals surface area contributed by atoms with Gasteiger partial charge in [-0.25, -0.2) is 0 Å². The molecule has 0 bridgehead atoms. The van der Waals surface area contributed by atoms with E-state index in [1.807, 2.05) is 42.5 Å². The molecule has 0 unspecified atom stereocenters. The molecule has 3 heteroatoms. The number of nitrogens with two attached hydrogens (primary N) is 1. The van der Waals surface area contributed by atoms with Gasteiger partial charge in [0.05, 0.1) is 5.92 Å². The van der Waals surface area contributed by atoms with E-state index in [0.29, 0.717) is 13.0 Å². The summed E-state index contributed by atoms with van der Waals surface area (Å²) in [6.07, 6.45) is 4.35. The standard InChI is InChI=1S/C13H15NO2/c14-12-7-6-11(8-12)13(15)16-9-10-4-2-1-3-5-10/h1-7,11-12H,8-9,14H2/t11-,12+/m1/s1. The third-order valence-electron chi connectivity index (χ3n) is 2.64. The Morgan fingerprint density at radius 1 is 1.31 bits per heavy atom. The molecule has 1 aliphatic rings. The molecule has 0 saturated carbocycles. The van der Waals surface area contributed by atoms with E-state index in [9.17, 15) is 4.79 Å². The first-order valence-electron chi connectivity index (χ1n) is 5.40. The van der Waals surface area contributed by atoms with Crippen LogP contribution in [-0.2, 0) is 16.1 Å². The molecular formula is C13H15NO2. The summed E-state index contributed by atoms with van der Waals surface area (Å²) in [4.78, 5) is 11.6. The van der Waals surface area contributed by atoms with Gasteiger partial charge in [0.25, 0.3) is 0 Å². The van der Waals surface area contributed by atoms with Crippen molar-refractivity contribution in [2.75, 3.05) is 0 Å². The maximum Gasteiger partial charge on any atom is 0.313 e. The normalized spacial score (nSPS) is 23.3. The molecule has 0 saturated heterocycles. The van der Waals surface area contributed by atoms with Gasteiger partial charge < -0.3 is 10.5 Å². The van der Waals surface area contributed by atoms with Crippen LogP contribution >= 0.6 is 0 Å². The SMILES string of the molecule is N[C@H]1C=C[C@@H](C(=O)OCc2ccccc2)C1. The second-order valence-corrected chi connectivity index (χ2v) is 3.98. The van der Waals surface area contributed by atoms with Gasteiger partial charge in [0.2, 0.25) is 0 Å². The number of rotatable bonds is 3. The summed E-state index contributed by atoms with van der Waals surface area (Å²) < 4.78 is 5.21. The van der Waals surface area contributed by atoms with Gasteiger partial charge >= 0.3 is 5.97 Å². The molecule has 2 N–H and O–H groups in total. The molecule has 2 rings (SSSR count). The first-order valence-corrected chi connectivity index (χ1v) is 5.40. The highest BCUT2D eigenvalue weighted by Gasteiger charge is 2.23. The smallest absolute Gasteiger partial charge is 0.313 e. The van der Waals surface area contributed by atoms with E-state index < -0.39 is 0 Å². The van der Waals surface area contributed by atoms with E-state index in [1.165, 1.54) is 0 Å². The lowest BCUT2D eigenvalue weighted by molar-refractivity contribution is -0.148. The van der Waals surface area contributed by atoms with Gasteiger partial charge in [-0.05, 0) is 12.0 Å².